The summed E-state index contributed by atoms with van der Waals surface area (Å²) in [6.07, 6.45) is 4.39. The Hall–Kier alpha value is -0.886. The Morgan fingerprint density at radius 1 is 0.315 bits per heavy atom. The molecule has 0 saturated heterocycles. The Bertz CT molecular complexity index is 909. The van der Waals surface area contributed by atoms with Crippen LogP contribution in [-0.2, 0) is 93.8 Å². The van der Waals surface area contributed by atoms with Crippen LogP contribution in [0.15, 0.2) is 25.3 Å². The standard InChI is InChI=1S/C32H62O14.C14H34O6Si2.5CH4/c1-3-5-33-7-9-35-11-13-37-15-17-39-19-21-41-23-25-43-27-29-45-31-32-46-30-28-44-26-24-42-22-20-40-18-16-38-14-12-36-10-8-34-6-4-2;1-15-8-9-18-12-13-19-11-10-17-7-6-14-22(5,16-2)20-21(3)4;;;;;/h3-4H,1-2,5-32H2;21H,6-14H2,1-5H3;5*1H4. The van der Waals surface area contributed by atoms with Gasteiger partial charge in [-0.2, -0.15) is 0 Å². The van der Waals surface area contributed by atoms with E-state index in [1.54, 1.807) is 26.4 Å². The first-order valence-electron chi connectivity index (χ1n) is 24.2. The Balaban J connectivity index is -0.000000274. The van der Waals surface area contributed by atoms with Crippen molar-refractivity contribution in [2.24, 2.45) is 0 Å². The van der Waals surface area contributed by atoms with Crippen LogP contribution in [0.4, 0.5) is 0 Å². The minimum atomic E-state index is -1.96. The molecule has 0 radical (unpaired) electrons. The van der Waals surface area contributed by atoms with E-state index in [1.165, 1.54) is 0 Å². The van der Waals surface area contributed by atoms with Gasteiger partial charge in [-0.3, -0.25) is 0 Å². The Kier molecular flexibility index (Phi) is 91.5. The molecule has 0 aliphatic rings. The molecule has 1 unspecified atom stereocenters. The zero-order valence-corrected chi connectivity index (χ0v) is 45.1. The fraction of sp³-hybridized carbons (Fsp3) is 0.922. The molecule has 0 N–H and O–H groups in total. The van der Waals surface area contributed by atoms with Crippen molar-refractivity contribution in [2.75, 3.05) is 245 Å². The second kappa shape index (κ2) is 77.6. The largest absolute Gasteiger partial charge is 0.439 e. The minimum absolute atomic E-state index is 0. The zero-order valence-electron chi connectivity index (χ0n) is 43.0. The van der Waals surface area contributed by atoms with E-state index < -0.39 is 17.6 Å². The van der Waals surface area contributed by atoms with Crippen LogP contribution < -0.4 is 0 Å². The minimum Gasteiger partial charge on any atom is -0.439 e. The van der Waals surface area contributed by atoms with E-state index in [4.69, 9.17) is 93.8 Å². The summed E-state index contributed by atoms with van der Waals surface area (Å²) in [5.41, 5.74) is 0. The van der Waals surface area contributed by atoms with Gasteiger partial charge >= 0.3 is 8.56 Å². The molecule has 0 aliphatic carbocycles. The van der Waals surface area contributed by atoms with Gasteiger partial charge in [-0.05, 0) is 32.1 Å². The molecule has 0 fully saturated rings. The van der Waals surface area contributed by atoms with Gasteiger partial charge in [-0.25, -0.2) is 0 Å². The van der Waals surface area contributed by atoms with Crippen LogP contribution >= 0.6 is 0 Å². The number of rotatable bonds is 59. The van der Waals surface area contributed by atoms with E-state index in [1.807, 2.05) is 0 Å². The summed E-state index contributed by atoms with van der Waals surface area (Å²) in [6.45, 7) is 32.7. The van der Waals surface area contributed by atoms with Crippen molar-refractivity contribution in [3.05, 3.63) is 25.3 Å². The van der Waals surface area contributed by atoms with Crippen molar-refractivity contribution >= 4 is 17.6 Å². The molecule has 73 heavy (non-hydrogen) atoms. The second-order valence-corrected chi connectivity index (χ2v) is 20.7. The highest BCUT2D eigenvalue weighted by Gasteiger charge is 2.30. The molecule has 0 heterocycles. The van der Waals surface area contributed by atoms with Crippen LogP contribution in [0.5, 0.6) is 0 Å². The predicted octanol–water partition coefficient (Wildman–Crippen LogP) is 6.56. The van der Waals surface area contributed by atoms with E-state index >= 15 is 0 Å². The maximum atomic E-state index is 6.04. The maximum Gasteiger partial charge on any atom is 0.324 e. The van der Waals surface area contributed by atoms with Gasteiger partial charge in [0.1, 0.15) is 0 Å². The average Bonchev–Trinajstić information content (AvgIpc) is 3.33. The van der Waals surface area contributed by atoms with E-state index in [0.29, 0.717) is 225 Å². The van der Waals surface area contributed by atoms with E-state index in [0.717, 1.165) is 19.1 Å². The molecule has 0 aromatic rings. The molecule has 1 atom stereocenters. The van der Waals surface area contributed by atoms with Crippen LogP contribution in [0.25, 0.3) is 0 Å². The second-order valence-electron chi connectivity index (χ2n) is 14.5. The lowest BCUT2D eigenvalue weighted by atomic mass is 10.5. The summed E-state index contributed by atoms with van der Waals surface area (Å²) < 4.78 is 109. The highest BCUT2D eigenvalue weighted by molar-refractivity contribution is 6.73. The molecule has 0 bridgehead atoms. The monoisotopic (exact) mass is 1100 g/mol. The van der Waals surface area contributed by atoms with Crippen LogP contribution in [-0.4, -0.2) is 263 Å². The van der Waals surface area contributed by atoms with Gasteiger partial charge in [0.2, 0.25) is 0 Å². The summed E-state index contributed by atoms with van der Waals surface area (Å²) in [4.78, 5) is 0. The van der Waals surface area contributed by atoms with E-state index in [2.05, 4.69) is 32.8 Å². The molecule has 0 saturated carbocycles. The van der Waals surface area contributed by atoms with Crippen molar-refractivity contribution in [1.82, 2.24) is 0 Å². The predicted molar refractivity (Wildman–Crippen MR) is 298 cm³/mol. The van der Waals surface area contributed by atoms with Gasteiger partial charge in [0.25, 0.3) is 0 Å². The summed E-state index contributed by atoms with van der Waals surface area (Å²) in [7, 11) is 0.409. The summed E-state index contributed by atoms with van der Waals surface area (Å²) in [6, 6.07) is 0.975. The third-order valence-corrected chi connectivity index (χ3v) is 14.3. The molecular weight excluding hydrogens is 989 g/mol. The fourth-order valence-corrected chi connectivity index (χ4v) is 10.8. The van der Waals surface area contributed by atoms with E-state index in [-0.39, 0.29) is 37.1 Å². The molecule has 0 amide bonds. The lowest BCUT2D eigenvalue weighted by molar-refractivity contribution is -0.0293. The van der Waals surface area contributed by atoms with Crippen LogP contribution in [0, 0.1) is 0 Å². The van der Waals surface area contributed by atoms with Gasteiger partial charge < -0.3 is 93.8 Å². The Labute approximate surface area is 450 Å². The first-order chi connectivity index (χ1) is 33.5. The third-order valence-electron chi connectivity index (χ3n) is 8.32. The summed E-state index contributed by atoms with van der Waals surface area (Å²) in [5, 5.41) is 0. The third kappa shape index (κ3) is 80.1. The smallest absolute Gasteiger partial charge is 0.324 e. The average molecular weight is 1110 g/mol. The van der Waals surface area contributed by atoms with Crippen molar-refractivity contribution in [2.45, 2.75) is 69.2 Å². The number of hydrogen-bond acceptors (Lipinski definition) is 20. The van der Waals surface area contributed by atoms with Crippen LogP contribution in [0.3, 0.4) is 0 Å². The highest BCUT2D eigenvalue weighted by Crippen LogP contribution is 2.16. The molecule has 0 aromatic carbocycles. The number of ether oxygens (including phenoxy) is 18. The zero-order chi connectivity index (χ0) is 49.8. The highest BCUT2D eigenvalue weighted by atomic mass is 28.4. The summed E-state index contributed by atoms with van der Waals surface area (Å²) in [5.74, 6) is 0. The van der Waals surface area contributed by atoms with Gasteiger partial charge in [0, 0.05) is 20.8 Å². The first-order valence-corrected chi connectivity index (χ1v) is 29.5. The molecule has 0 aromatic heterocycles. The van der Waals surface area contributed by atoms with Crippen molar-refractivity contribution in [1.29, 1.82) is 0 Å². The number of hydrogen-bond donors (Lipinski definition) is 0. The van der Waals surface area contributed by atoms with Gasteiger partial charge in [-0.1, -0.05) is 49.3 Å². The fourth-order valence-electron chi connectivity index (χ4n) is 4.98. The van der Waals surface area contributed by atoms with Crippen molar-refractivity contribution < 1.29 is 93.8 Å². The van der Waals surface area contributed by atoms with E-state index in [9.17, 15) is 0 Å². The Morgan fingerprint density at radius 3 is 0.685 bits per heavy atom. The first kappa shape index (κ1) is 86.0. The molecule has 448 valence electrons. The SMILES string of the molecule is C.C.C.C.C.C=CCOCCOCCOCCOCCOCCOCCOCCOCCOCCOCCOCCOCCOCCOCC=C.COCCOCCOCCOCCC[Si](C)(OC)O[SiH](C)C. The van der Waals surface area contributed by atoms with Gasteiger partial charge in [-0.15, -0.1) is 13.2 Å². The lowest BCUT2D eigenvalue weighted by Gasteiger charge is -2.27. The van der Waals surface area contributed by atoms with Crippen molar-refractivity contribution in [3.63, 3.8) is 0 Å². The Morgan fingerprint density at radius 2 is 0.507 bits per heavy atom. The van der Waals surface area contributed by atoms with Gasteiger partial charge in [0.05, 0.1) is 225 Å². The summed E-state index contributed by atoms with van der Waals surface area (Å²) >= 11 is 0. The van der Waals surface area contributed by atoms with Crippen LogP contribution in [0.1, 0.15) is 43.6 Å². The molecule has 22 heteroatoms. The molecular formula is C51H116O20Si2. The molecule has 20 nitrogen and oxygen atoms in total. The maximum absolute atomic E-state index is 6.04. The molecule has 0 rings (SSSR count). The van der Waals surface area contributed by atoms with Crippen LogP contribution in [0.2, 0.25) is 25.7 Å². The van der Waals surface area contributed by atoms with Gasteiger partial charge in [0.15, 0.2) is 9.04 Å². The van der Waals surface area contributed by atoms with Crippen molar-refractivity contribution in [3.8, 4) is 0 Å². The lowest BCUT2D eigenvalue weighted by Crippen LogP contribution is -2.41. The quantitative estimate of drug-likeness (QED) is 0.0362. The molecule has 0 spiro atoms. The normalized spacial score (nSPS) is 11.5. The molecule has 0 aliphatic heterocycles. The number of methoxy groups -OCH3 is 1. The topological polar surface area (TPSA) is 185 Å².